The molecule has 0 radical (unpaired) electrons. The van der Waals surface area contributed by atoms with Crippen LogP contribution in [0.1, 0.15) is 50.7 Å². The summed E-state index contributed by atoms with van der Waals surface area (Å²) in [6, 6.07) is 11.7. The fourth-order valence-corrected chi connectivity index (χ4v) is 6.02. The molecule has 2 aromatic rings. The fourth-order valence-electron chi connectivity index (χ4n) is 6.02. The molecule has 2 fully saturated rings. The number of ether oxygens (including phenoxy) is 4. The summed E-state index contributed by atoms with van der Waals surface area (Å²) in [6.07, 6.45) is 7.39. The molecule has 170 valence electrons. The highest BCUT2D eigenvalue weighted by Crippen LogP contribution is 2.58. The van der Waals surface area contributed by atoms with Gasteiger partial charge in [-0.1, -0.05) is 37.1 Å². The summed E-state index contributed by atoms with van der Waals surface area (Å²) < 4.78 is 25.1. The molecule has 0 aromatic heterocycles. The maximum absolute atomic E-state index is 13.8. The van der Waals surface area contributed by atoms with Gasteiger partial charge in [-0.2, -0.15) is 0 Å². The minimum atomic E-state index is -0.357. The number of benzene rings is 2. The summed E-state index contributed by atoms with van der Waals surface area (Å²) >= 11 is 0. The lowest BCUT2D eigenvalue weighted by atomic mass is 9.62. The SMILES string of the molecule is CCOc1cccc2c1O[C@@H]1C(=C2)C(=O)C2=Cc3cccc(OCC)c3O[C@@H]2C12CCCC2. The number of para-hydroxylation sites is 2. The molecule has 2 aromatic carbocycles. The molecule has 4 aliphatic rings. The molecule has 2 saturated carbocycles. The second-order valence-corrected chi connectivity index (χ2v) is 9.18. The highest BCUT2D eigenvalue weighted by Gasteiger charge is 2.60. The van der Waals surface area contributed by atoms with E-state index < -0.39 is 0 Å². The van der Waals surface area contributed by atoms with Gasteiger partial charge >= 0.3 is 0 Å². The molecule has 6 rings (SSSR count). The van der Waals surface area contributed by atoms with Crippen LogP contribution in [0.2, 0.25) is 0 Å². The van der Waals surface area contributed by atoms with Crippen molar-refractivity contribution in [3.63, 3.8) is 0 Å². The van der Waals surface area contributed by atoms with E-state index in [9.17, 15) is 4.79 Å². The van der Waals surface area contributed by atoms with E-state index in [2.05, 4.69) is 0 Å². The Morgan fingerprint density at radius 3 is 1.76 bits per heavy atom. The van der Waals surface area contributed by atoms with Crippen LogP contribution in [0.15, 0.2) is 47.5 Å². The van der Waals surface area contributed by atoms with Gasteiger partial charge in [0.05, 0.1) is 18.6 Å². The molecule has 5 nitrogen and oxygen atoms in total. The monoisotopic (exact) mass is 444 g/mol. The third-order valence-corrected chi connectivity index (χ3v) is 7.38. The standard InChI is InChI=1S/C28H28O5/c1-3-30-21-11-7-9-17-15-19-23(29)20-16-18-10-8-12-22(31-4-2)25(18)33-27(20)28(13-5-6-14-28)26(19)32-24(17)21/h7-12,15-16,26-27H,3-6,13-14H2,1-2H3/t26-,27+. The molecule has 33 heavy (non-hydrogen) atoms. The van der Waals surface area contributed by atoms with Gasteiger partial charge in [-0.3, -0.25) is 4.79 Å². The smallest absolute Gasteiger partial charge is 0.192 e. The predicted molar refractivity (Wildman–Crippen MR) is 126 cm³/mol. The highest BCUT2D eigenvalue weighted by atomic mass is 16.5. The Balaban J connectivity index is 1.52. The van der Waals surface area contributed by atoms with Crippen LogP contribution in [0.3, 0.4) is 0 Å². The van der Waals surface area contributed by atoms with Crippen LogP contribution in [-0.2, 0) is 4.79 Å². The number of fused-ring (bicyclic) bond motifs is 6. The van der Waals surface area contributed by atoms with Crippen molar-refractivity contribution in [1.29, 1.82) is 0 Å². The first-order valence-corrected chi connectivity index (χ1v) is 12.0. The van der Waals surface area contributed by atoms with Gasteiger partial charge in [0.25, 0.3) is 0 Å². The van der Waals surface area contributed by atoms with Crippen LogP contribution in [0.5, 0.6) is 23.0 Å². The van der Waals surface area contributed by atoms with Gasteiger partial charge in [-0.15, -0.1) is 0 Å². The average Bonchev–Trinajstić information content (AvgIpc) is 3.33. The van der Waals surface area contributed by atoms with E-state index >= 15 is 0 Å². The minimum Gasteiger partial charge on any atom is -0.490 e. The van der Waals surface area contributed by atoms with E-state index in [1.807, 2.05) is 62.4 Å². The molecular weight excluding hydrogens is 416 g/mol. The molecule has 0 N–H and O–H groups in total. The maximum atomic E-state index is 13.8. The zero-order chi connectivity index (χ0) is 22.6. The number of rotatable bonds is 4. The predicted octanol–water partition coefficient (Wildman–Crippen LogP) is 5.62. The lowest BCUT2D eigenvalue weighted by molar-refractivity contribution is -0.120. The number of hydrogen-bond acceptors (Lipinski definition) is 5. The molecule has 2 aliphatic heterocycles. The van der Waals surface area contributed by atoms with Crippen molar-refractivity contribution in [2.75, 3.05) is 13.2 Å². The van der Waals surface area contributed by atoms with E-state index in [4.69, 9.17) is 18.9 Å². The van der Waals surface area contributed by atoms with Gasteiger partial charge in [-0.25, -0.2) is 0 Å². The molecule has 1 spiro atoms. The minimum absolute atomic E-state index is 0.0162. The van der Waals surface area contributed by atoms with E-state index in [1.54, 1.807) is 0 Å². The summed E-state index contributed by atoms with van der Waals surface area (Å²) in [5.41, 5.74) is 2.94. The van der Waals surface area contributed by atoms with Crippen molar-refractivity contribution in [2.45, 2.75) is 51.7 Å². The Morgan fingerprint density at radius 2 is 1.30 bits per heavy atom. The van der Waals surface area contributed by atoms with Gasteiger partial charge in [0.2, 0.25) is 0 Å². The van der Waals surface area contributed by atoms with E-state index in [1.165, 1.54) is 0 Å². The Bertz CT molecular complexity index is 1100. The Hall–Kier alpha value is -3.21. The van der Waals surface area contributed by atoms with E-state index in [-0.39, 0.29) is 23.4 Å². The molecule has 0 bridgehead atoms. The molecule has 2 heterocycles. The fraction of sp³-hybridized carbons (Fsp3) is 0.393. The van der Waals surface area contributed by atoms with Gasteiger partial charge in [0, 0.05) is 22.3 Å². The first kappa shape index (κ1) is 20.4. The number of Topliss-reactive ketones (excluding diaryl/α,β-unsaturated/α-hetero) is 1. The lowest BCUT2D eigenvalue weighted by Crippen LogP contribution is -2.58. The molecule has 2 aliphatic carbocycles. The molecular formula is C28H28O5. The van der Waals surface area contributed by atoms with Gasteiger partial charge in [-0.05, 0) is 51.0 Å². The van der Waals surface area contributed by atoms with Crippen molar-refractivity contribution in [3.8, 4) is 23.0 Å². The first-order valence-electron chi connectivity index (χ1n) is 12.0. The Morgan fingerprint density at radius 1 is 0.818 bits per heavy atom. The number of carbonyl (C=O) groups excluding carboxylic acids is 1. The van der Waals surface area contributed by atoms with Crippen LogP contribution in [0.25, 0.3) is 12.2 Å². The lowest BCUT2D eigenvalue weighted by Gasteiger charge is -2.50. The zero-order valence-corrected chi connectivity index (χ0v) is 19.1. The molecule has 0 saturated heterocycles. The van der Waals surface area contributed by atoms with Crippen molar-refractivity contribution >= 4 is 17.9 Å². The van der Waals surface area contributed by atoms with E-state index in [0.717, 1.165) is 71.0 Å². The highest BCUT2D eigenvalue weighted by molar-refractivity contribution is 6.17. The topological polar surface area (TPSA) is 54.0 Å². The normalized spacial score (nSPS) is 23.8. The van der Waals surface area contributed by atoms with Crippen LogP contribution in [-0.4, -0.2) is 31.2 Å². The number of hydrogen-bond donors (Lipinski definition) is 0. The quantitative estimate of drug-likeness (QED) is 0.613. The summed E-state index contributed by atoms with van der Waals surface area (Å²) in [6.45, 7) is 5.04. The van der Waals surface area contributed by atoms with Gasteiger partial charge in [0.1, 0.15) is 12.2 Å². The summed E-state index contributed by atoms with van der Waals surface area (Å²) in [5, 5.41) is 0. The summed E-state index contributed by atoms with van der Waals surface area (Å²) in [7, 11) is 0. The molecule has 2 atom stereocenters. The van der Waals surface area contributed by atoms with Crippen molar-refractivity contribution in [1.82, 2.24) is 0 Å². The number of ketones is 1. The zero-order valence-electron chi connectivity index (χ0n) is 19.1. The Labute approximate surface area is 194 Å². The van der Waals surface area contributed by atoms with Crippen molar-refractivity contribution in [2.24, 2.45) is 5.41 Å². The maximum Gasteiger partial charge on any atom is 0.192 e. The third kappa shape index (κ3) is 2.94. The average molecular weight is 445 g/mol. The molecule has 5 heteroatoms. The first-order chi connectivity index (χ1) is 16.2. The van der Waals surface area contributed by atoms with Crippen molar-refractivity contribution in [3.05, 3.63) is 58.7 Å². The second kappa shape index (κ2) is 7.68. The molecule has 0 unspecified atom stereocenters. The largest absolute Gasteiger partial charge is 0.490 e. The number of carbonyl (C=O) groups is 1. The van der Waals surface area contributed by atoms with Crippen LogP contribution in [0.4, 0.5) is 0 Å². The van der Waals surface area contributed by atoms with Crippen molar-refractivity contribution < 1.29 is 23.7 Å². The van der Waals surface area contributed by atoms with Gasteiger partial charge in [0.15, 0.2) is 28.8 Å². The van der Waals surface area contributed by atoms with Crippen LogP contribution < -0.4 is 18.9 Å². The van der Waals surface area contributed by atoms with Crippen LogP contribution in [0, 0.1) is 5.41 Å². The van der Waals surface area contributed by atoms with E-state index in [0.29, 0.717) is 13.2 Å². The van der Waals surface area contributed by atoms with Gasteiger partial charge < -0.3 is 18.9 Å². The molecule has 0 amide bonds. The summed E-state index contributed by atoms with van der Waals surface area (Å²) in [4.78, 5) is 13.8. The summed E-state index contributed by atoms with van der Waals surface area (Å²) in [5.74, 6) is 2.92. The second-order valence-electron chi connectivity index (χ2n) is 9.18. The Kier molecular flexibility index (Phi) is 4.75. The third-order valence-electron chi connectivity index (χ3n) is 7.38. The van der Waals surface area contributed by atoms with Crippen LogP contribution >= 0.6 is 0 Å².